The van der Waals surface area contributed by atoms with Crippen molar-refractivity contribution in [3.05, 3.63) is 83.9 Å². The number of aromatic nitrogens is 3. The number of anilines is 1. The Balaban J connectivity index is 1.76. The van der Waals surface area contributed by atoms with Gasteiger partial charge in [0.1, 0.15) is 0 Å². The summed E-state index contributed by atoms with van der Waals surface area (Å²) in [5.74, 6) is 1.15. The Morgan fingerprint density at radius 3 is 2.43 bits per heavy atom. The van der Waals surface area contributed by atoms with Crippen LogP contribution in [0.5, 0.6) is 17.4 Å². The molecule has 1 amide bonds. The number of nitrogens with zero attached hydrogens (tertiary/aromatic N) is 4. The van der Waals surface area contributed by atoms with E-state index in [2.05, 4.69) is 15.2 Å². The fourth-order valence-corrected chi connectivity index (χ4v) is 4.26. The molecule has 0 unspecified atom stereocenters. The minimum Gasteiger partial charge on any atom is -0.493 e. The SMILES string of the molecule is COc1ccc([C@H]2Oc3nc(SC)nnc3-c3ccccc3N2C(=O)c2ccccc2)cc1OC. The van der Waals surface area contributed by atoms with E-state index < -0.39 is 6.23 Å². The minimum atomic E-state index is -0.865. The van der Waals surface area contributed by atoms with Gasteiger partial charge < -0.3 is 14.2 Å². The lowest BCUT2D eigenvalue weighted by atomic mass is 10.1. The van der Waals surface area contributed by atoms with E-state index in [1.54, 1.807) is 43.4 Å². The summed E-state index contributed by atoms with van der Waals surface area (Å²) < 4.78 is 17.4. The molecular formula is C26H22N4O4S. The van der Waals surface area contributed by atoms with Gasteiger partial charge in [0.2, 0.25) is 17.3 Å². The fourth-order valence-electron chi connectivity index (χ4n) is 3.96. The quantitative estimate of drug-likeness (QED) is 0.364. The molecule has 0 radical (unpaired) electrons. The number of para-hydroxylation sites is 1. The second-order valence-corrected chi connectivity index (χ2v) is 8.37. The smallest absolute Gasteiger partial charge is 0.261 e. The van der Waals surface area contributed by atoms with Crippen molar-refractivity contribution < 1.29 is 19.0 Å². The molecule has 0 saturated heterocycles. The predicted molar refractivity (Wildman–Crippen MR) is 133 cm³/mol. The number of benzene rings is 3. The number of hydrogen-bond donors (Lipinski definition) is 0. The largest absolute Gasteiger partial charge is 0.493 e. The molecule has 1 aliphatic rings. The van der Waals surface area contributed by atoms with Crippen molar-refractivity contribution in [1.82, 2.24) is 15.2 Å². The van der Waals surface area contributed by atoms with Gasteiger partial charge in [-0.25, -0.2) is 0 Å². The highest BCUT2D eigenvalue weighted by Gasteiger charge is 2.36. The molecule has 1 aliphatic heterocycles. The highest BCUT2D eigenvalue weighted by Crippen LogP contribution is 2.44. The molecule has 0 aliphatic carbocycles. The van der Waals surface area contributed by atoms with E-state index in [0.29, 0.717) is 50.6 Å². The lowest BCUT2D eigenvalue weighted by Gasteiger charge is -2.31. The zero-order valence-electron chi connectivity index (χ0n) is 19.3. The van der Waals surface area contributed by atoms with Gasteiger partial charge in [0.15, 0.2) is 17.2 Å². The highest BCUT2D eigenvalue weighted by atomic mass is 32.2. The van der Waals surface area contributed by atoms with Crippen molar-refractivity contribution >= 4 is 23.4 Å². The molecule has 0 spiro atoms. The predicted octanol–water partition coefficient (Wildman–Crippen LogP) is 5.02. The third kappa shape index (κ3) is 4.15. The number of fused-ring (bicyclic) bond motifs is 3. The molecule has 0 N–H and O–H groups in total. The van der Waals surface area contributed by atoms with Crippen LogP contribution >= 0.6 is 11.8 Å². The van der Waals surface area contributed by atoms with Gasteiger partial charge in [-0.2, -0.15) is 4.98 Å². The first-order chi connectivity index (χ1) is 17.1. The molecule has 0 fully saturated rings. The van der Waals surface area contributed by atoms with Crippen LogP contribution in [0.2, 0.25) is 0 Å². The maximum atomic E-state index is 14.0. The topological polar surface area (TPSA) is 86.7 Å². The second kappa shape index (κ2) is 9.63. The van der Waals surface area contributed by atoms with Gasteiger partial charge in [-0.3, -0.25) is 9.69 Å². The third-order valence-corrected chi connectivity index (χ3v) is 6.16. The van der Waals surface area contributed by atoms with Gasteiger partial charge in [0.25, 0.3) is 5.91 Å². The van der Waals surface area contributed by atoms with E-state index in [-0.39, 0.29) is 5.91 Å². The van der Waals surface area contributed by atoms with Gasteiger partial charge in [0.05, 0.1) is 19.9 Å². The van der Waals surface area contributed by atoms with E-state index in [9.17, 15) is 4.79 Å². The van der Waals surface area contributed by atoms with Gasteiger partial charge in [-0.15, -0.1) is 10.2 Å². The van der Waals surface area contributed by atoms with Crippen molar-refractivity contribution in [3.63, 3.8) is 0 Å². The van der Waals surface area contributed by atoms with Crippen molar-refractivity contribution in [1.29, 1.82) is 0 Å². The molecular weight excluding hydrogens is 464 g/mol. The maximum Gasteiger partial charge on any atom is 0.261 e. The van der Waals surface area contributed by atoms with Crippen molar-refractivity contribution in [3.8, 4) is 28.6 Å². The number of hydrogen-bond acceptors (Lipinski definition) is 8. The van der Waals surface area contributed by atoms with Gasteiger partial charge >= 0.3 is 0 Å². The van der Waals surface area contributed by atoms with E-state index in [1.807, 2.05) is 54.8 Å². The lowest BCUT2D eigenvalue weighted by Crippen LogP contribution is -2.37. The van der Waals surface area contributed by atoms with E-state index in [1.165, 1.54) is 11.8 Å². The highest BCUT2D eigenvalue weighted by molar-refractivity contribution is 7.98. The normalized spacial score (nSPS) is 14.3. The molecule has 3 aromatic carbocycles. The first-order valence-electron chi connectivity index (χ1n) is 10.8. The Kier molecular flexibility index (Phi) is 6.24. The first kappa shape index (κ1) is 22.7. The van der Waals surface area contributed by atoms with Crippen LogP contribution in [0.25, 0.3) is 11.3 Å². The zero-order chi connectivity index (χ0) is 24.4. The Labute approximate surface area is 206 Å². The average molecular weight is 487 g/mol. The summed E-state index contributed by atoms with van der Waals surface area (Å²) in [7, 11) is 3.14. The summed E-state index contributed by atoms with van der Waals surface area (Å²) >= 11 is 1.36. The lowest BCUT2D eigenvalue weighted by molar-refractivity contribution is 0.0909. The van der Waals surface area contributed by atoms with Crippen molar-refractivity contribution in [2.75, 3.05) is 25.4 Å². The Morgan fingerprint density at radius 2 is 1.69 bits per heavy atom. The van der Waals surface area contributed by atoms with Crippen molar-refractivity contribution in [2.45, 2.75) is 11.4 Å². The molecule has 176 valence electrons. The van der Waals surface area contributed by atoms with Crippen LogP contribution in [0, 0.1) is 0 Å². The van der Waals surface area contributed by atoms with Crippen molar-refractivity contribution in [2.24, 2.45) is 0 Å². The summed E-state index contributed by atoms with van der Waals surface area (Å²) in [4.78, 5) is 20.2. The molecule has 2 heterocycles. The van der Waals surface area contributed by atoms with Gasteiger partial charge in [0, 0.05) is 16.7 Å². The number of rotatable bonds is 5. The number of thioether (sulfide) groups is 1. The third-order valence-electron chi connectivity index (χ3n) is 5.63. The fraction of sp³-hybridized carbons (Fsp3) is 0.154. The van der Waals surface area contributed by atoms with Crippen LogP contribution in [0.4, 0.5) is 5.69 Å². The standard InChI is InChI=1S/C26H22N4O4S/c1-32-20-14-13-17(15-21(20)33-2)25-30(24(31)16-9-5-4-6-10-16)19-12-8-7-11-18(19)22-23(34-25)27-26(35-3)29-28-22/h4-15,25H,1-3H3/t25-/m1/s1. The number of carbonyl (C=O) groups is 1. The zero-order valence-corrected chi connectivity index (χ0v) is 20.2. The molecule has 4 aromatic rings. The summed E-state index contributed by atoms with van der Waals surface area (Å²) in [6, 6.07) is 22.0. The van der Waals surface area contributed by atoms with Crippen LogP contribution < -0.4 is 19.1 Å². The van der Waals surface area contributed by atoms with Gasteiger partial charge in [-0.05, 0) is 42.7 Å². The van der Waals surface area contributed by atoms with E-state index in [0.717, 1.165) is 0 Å². The minimum absolute atomic E-state index is 0.233. The van der Waals surface area contributed by atoms with E-state index >= 15 is 0 Å². The van der Waals surface area contributed by atoms with Crippen LogP contribution in [-0.4, -0.2) is 41.6 Å². The number of amides is 1. The number of methoxy groups -OCH3 is 2. The Morgan fingerprint density at radius 1 is 0.943 bits per heavy atom. The molecule has 1 atom stereocenters. The summed E-state index contributed by atoms with van der Waals surface area (Å²) in [6.07, 6.45) is 1.00. The summed E-state index contributed by atoms with van der Waals surface area (Å²) in [6.45, 7) is 0. The Hall–Kier alpha value is -4.11. The monoisotopic (exact) mass is 486 g/mol. The van der Waals surface area contributed by atoms with Crippen LogP contribution in [0.15, 0.2) is 78.0 Å². The average Bonchev–Trinajstić information content (AvgIpc) is 3.07. The number of carbonyl (C=O) groups excluding carboxylic acids is 1. The maximum absolute atomic E-state index is 14.0. The molecule has 1 aromatic heterocycles. The first-order valence-corrected chi connectivity index (χ1v) is 12.0. The summed E-state index contributed by atoms with van der Waals surface area (Å²) in [5.41, 5.74) is 2.99. The molecule has 0 saturated carbocycles. The number of ether oxygens (including phenoxy) is 3. The van der Waals surface area contributed by atoms with Crippen LogP contribution in [-0.2, 0) is 0 Å². The molecule has 35 heavy (non-hydrogen) atoms. The summed E-state index contributed by atoms with van der Waals surface area (Å²) in [5, 5.41) is 9.08. The van der Waals surface area contributed by atoms with Crippen LogP contribution in [0.3, 0.4) is 0 Å². The van der Waals surface area contributed by atoms with Gasteiger partial charge in [-0.1, -0.05) is 48.2 Å². The second-order valence-electron chi connectivity index (χ2n) is 7.60. The van der Waals surface area contributed by atoms with E-state index in [4.69, 9.17) is 14.2 Å². The molecule has 8 nitrogen and oxygen atoms in total. The van der Waals surface area contributed by atoms with Crippen LogP contribution in [0.1, 0.15) is 22.1 Å². The molecule has 9 heteroatoms. The molecule has 0 bridgehead atoms. The Bertz CT molecular complexity index is 1380. The molecule has 5 rings (SSSR count).